The van der Waals surface area contributed by atoms with Crippen molar-refractivity contribution in [2.45, 2.75) is 39.4 Å². The van der Waals surface area contributed by atoms with Crippen LogP contribution in [-0.2, 0) is 22.3 Å². The number of nitrogens with zero attached hydrogens (tertiary/aromatic N) is 2. The van der Waals surface area contributed by atoms with Crippen LogP contribution in [-0.4, -0.2) is 33.1 Å². The topological polar surface area (TPSA) is 84.2 Å². The van der Waals surface area contributed by atoms with Crippen molar-refractivity contribution in [3.63, 3.8) is 0 Å². The molecule has 0 atom stereocenters. The van der Waals surface area contributed by atoms with Gasteiger partial charge in [0.1, 0.15) is 6.54 Å². The van der Waals surface area contributed by atoms with Crippen molar-refractivity contribution in [3.8, 4) is 0 Å². The fraction of sp³-hybridized carbons (Fsp3) is 0.471. The molecule has 2 rings (SSSR count). The molecular formula is C17H20F3N3O3. The molecule has 2 aromatic rings. The largest absolute Gasteiger partial charge is 0.481 e. The van der Waals surface area contributed by atoms with Gasteiger partial charge < -0.3 is 15.0 Å². The van der Waals surface area contributed by atoms with E-state index in [1.165, 1.54) is 12.1 Å². The molecule has 0 aliphatic heterocycles. The Hall–Kier alpha value is -2.58. The van der Waals surface area contributed by atoms with Gasteiger partial charge in [0.05, 0.1) is 16.4 Å². The minimum atomic E-state index is -4.71. The second-order valence-corrected chi connectivity index (χ2v) is 6.08. The Kier molecular flexibility index (Phi) is 5.58. The number of aromatic nitrogens is 2. The van der Waals surface area contributed by atoms with Crippen LogP contribution < -0.4 is 5.32 Å². The number of para-hydroxylation sites is 2. The Labute approximate surface area is 148 Å². The molecule has 1 heterocycles. The third-order valence-corrected chi connectivity index (χ3v) is 4.64. The summed E-state index contributed by atoms with van der Waals surface area (Å²) in [5, 5.41) is 11.8. The second kappa shape index (κ2) is 7.35. The number of hydrogen-bond donors (Lipinski definition) is 2. The maximum Gasteiger partial charge on any atom is 0.449 e. The summed E-state index contributed by atoms with van der Waals surface area (Å²) >= 11 is 0. The number of nitrogens with one attached hydrogen (secondary N) is 1. The van der Waals surface area contributed by atoms with Gasteiger partial charge in [0.25, 0.3) is 0 Å². The minimum Gasteiger partial charge on any atom is -0.481 e. The van der Waals surface area contributed by atoms with E-state index in [4.69, 9.17) is 0 Å². The molecule has 0 saturated carbocycles. The molecular weight excluding hydrogens is 351 g/mol. The van der Waals surface area contributed by atoms with E-state index < -0.39 is 35.8 Å². The molecule has 1 aromatic carbocycles. The monoisotopic (exact) mass is 371 g/mol. The summed E-state index contributed by atoms with van der Waals surface area (Å²) in [6.07, 6.45) is -4.13. The van der Waals surface area contributed by atoms with Crippen LogP contribution in [0, 0.1) is 5.41 Å². The number of alkyl halides is 3. The highest BCUT2D eigenvalue weighted by atomic mass is 19.4. The fourth-order valence-electron chi connectivity index (χ4n) is 2.80. The lowest BCUT2D eigenvalue weighted by molar-refractivity contribution is -0.149. The molecule has 0 radical (unpaired) electrons. The summed E-state index contributed by atoms with van der Waals surface area (Å²) in [7, 11) is 0. The van der Waals surface area contributed by atoms with E-state index >= 15 is 0 Å². The van der Waals surface area contributed by atoms with Gasteiger partial charge in [0.15, 0.2) is 0 Å². The van der Waals surface area contributed by atoms with Crippen LogP contribution in [0.15, 0.2) is 24.3 Å². The highest BCUT2D eigenvalue weighted by Crippen LogP contribution is 2.31. The summed E-state index contributed by atoms with van der Waals surface area (Å²) in [4.78, 5) is 27.2. The van der Waals surface area contributed by atoms with Crippen molar-refractivity contribution < 1.29 is 27.9 Å². The van der Waals surface area contributed by atoms with E-state index in [0.717, 1.165) is 4.57 Å². The first-order valence-electron chi connectivity index (χ1n) is 8.17. The van der Waals surface area contributed by atoms with Crippen LogP contribution in [0.1, 0.15) is 32.5 Å². The van der Waals surface area contributed by atoms with Gasteiger partial charge >= 0.3 is 12.1 Å². The number of rotatable bonds is 7. The van der Waals surface area contributed by atoms with Crippen molar-refractivity contribution in [1.29, 1.82) is 0 Å². The number of hydrogen-bond acceptors (Lipinski definition) is 3. The molecule has 0 spiro atoms. The van der Waals surface area contributed by atoms with Crippen LogP contribution in [0.4, 0.5) is 13.2 Å². The molecule has 1 aromatic heterocycles. The number of fused-ring (bicyclic) bond motifs is 1. The average molecular weight is 371 g/mol. The highest BCUT2D eigenvalue weighted by molar-refractivity contribution is 5.82. The quantitative estimate of drug-likeness (QED) is 0.783. The lowest BCUT2D eigenvalue weighted by Crippen LogP contribution is -2.43. The van der Waals surface area contributed by atoms with Gasteiger partial charge in [-0.15, -0.1) is 0 Å². The highest BCUT2D eigenvalue weighted by Gasteiger charge is 2.38. The molecule has 0 unspecified atom stereocenters. The number of halogens is 3. The first kappa shape index (κ1) is 19.7. The Balaban J connectivity index is 2.25. The Bertz CT molecular complexity index is 810. The Morgan fingerprint density at radius 1 is 1.19 bits per heavy atom. The van der Waals surface area contributed by atoms with E-state index in [9.17, 15) is 27.9 Å². The lowest BCUT2D eigenvalue weighted by Gasteiger charge is -2.27. The van der Waals surface area contributed by atoms with Crippen LogP contribution in [0.3, 0.4) is 0 Å². The molecule has 26 heavy (non-hydrogen) atoms. The predicted octanol–water partition coefficient (Wildman–Crippen LogP) is 3.06. The number of amides is 1. The summed E-state index contributed by atoms with van der Waals surface area (Å²) in [6.45, 7) is 2.63. The Morgan fingerprint density at radius 3 is 2.35 bits per heavy atom. The molecule has 6 nitrogen and oxygen atoms in total. The minimum absolute atomic E-state index is 0.134. The Morgan fingerprint density at radius 2 is 1.81 bits per heavy atom. The summed E-state index contributed by atoms with van der Waals surface area (Å²) in [5.74, 6) is -2.91. The zero-order valence-electron chi connectivity index (χ0n) is 14.4. The first-order valence-corrected chi connectivity index (χ1v) is 8.17. The van der Waals surface area contributed by atoms with Gasteiger partial charge in [0, 0.05) is 6.54 Å². The van der Waals surface area contributed by atoms with Gasteiger partial charge in [-0.05, 0) is 25.0 Å². The molecule has 0 fully saturated rings. The summed E-state index contributed by atoms with van der Waals surface area (Å²) in [6, 6.07) is 6.00. The van der Waals surface area contributed by atoms with Crippen molar-refractivity contribution in [3.05, 3.63) is 30.1 Å². The molecule has 9 heteroatoms. The van der Waals surface area contributed by atoms with Gasteiger partial charge in [-0.25, -0.2) is 4.98 Å². The standard InChI is InChI=1S/C17H20F3N3O3/c1-3-16(4-2,15(25)26)10-21-13(24)9-23-12-8-6-5-7-11(12)22-14(23)17(18,19)20/h5-8H,3-4,9-10H2,1-2H3,(H,21,24)(H,25,26). The molecule has 0 bridgehead atoms. The van der Waals surface area contributed by atoms with Crippen LogP contribution >= 0.6 is 0 Å². The van der Waals surface area contributed by atoms with Crippen LogP contribution in [0.5, 0.6) is 0 Å². The third kappa shape index (κ3) is 3.81. The summed E-state index contributed by atoms with van der Waals surface area (Å²) < 4.78 is 40.5. The normalized spacial score (nSPS) is 12.3. The number of aliphatic carboxylic acids is 1. The van der Waals surface area contributed by atoms with Crippen molar-refractivity contribution in [2.24, 2.45) is 5.41 Å². The summed E-state index contributed by atoms with van der Waals surface area (Å²) in [5.41, 5.74) is -0.820. The fourth-order valence-corrected chi connectivity index (χ4v) is 2.80. The maximum atomic E-state index is 13.2. The predicted molar refractivity (Wildman–Crippen MR) is 88.4 cm³/mol. The van der Waals surface area contributed by atoms with Gasteiger partial charge in [-0.3, -0.25) is 9.59 Å². The van der Waals surface area contributed by atoms with E-state index in [1.807, 2.05) is 0 Å². The number of carboxylic acid groups (broad SMARTS) is 1. The second-order valence-electron chi connectivity index (χ2n) is 6.08. The average Bonchev–Trinajstić information content (AvgIpc) is 2.95. The number of imidazole rings is 1. The van der Waals surface area contributed by atoms with Gasteiger partial charge in [-0.2, -0.15) is 13.2 Å². The zero-order chi connectivity index (χ0) is 19.5. The zero-order valence-corrected chi connectivity index (χ0v) is 14.4. The van der Waals surface area contributed by atoms with Gasteiger partial charge in [-0.1, -0.05) is 26.0 Å². The van der Waals surface area contributed by atoms with Crippen molar-refractivity contribution in [2.75, 3.05) is 6.54 Å². The van der Waals surface area contributed by atoms with Crippen LogP contribution in [0.2, 0.25) is 0 Å². The maximum absolute atomic E-state index is 13.2. The molecule has 142 valence electrons. The number of carbonyl (C=O) groups is 2. The van der Waals surface area contributed by atoms with E-state index in [1.54, 1.807) is 26.0 Å². The smallest absolute Gasteiger partial charge is 0.449 e. The molecule has 0 aliphatic rings. The SMILES string of the molecule is CCC(CC)(CNC(=O)Cn1c(C(F)(F)F)nc2ccccc21)C(=O)O. The molecule has 0 saturated heterocycles. The lowest BCUT2D eigenvalue weighted by atomic mass is 9.82. The number of carboxylic acids is 1. The van der Waals surface area contributed by atoms with E-state index in [-0.39, 0.29) is 17.6 Å². The number of carbonyl (C=O) groups excluding carboxylic acids is 1. The third-order valence-electron chi connectivity index (χ3n) is 4.64. The van der Waals surface area contributed by atoms with E-state index in [0.29, 0.717) is 12.8 Å². The first-order chi connectivity index (χ1) is 12.1. The van der Waals surface area contributed by atoms with Crippen molar-refractivity contribution >= 4 is 22.9 Å². The van der Waals surface area contributed by atoms with Crippen molar-refractivity contribution in [1.82, 2.24) is 14.9 Å². The van der Waals surface area contributed by atoms with Gasteiger partial charge in [0.2, 0.25) is 11.7 Å². The number of benzene rings is 1. The molecule has 2 N–H and O–H groups in total. The van der Waals surface area contributed by atoms with Crippen LogP contribution in [0.25, 0.3) is 11.0 Å². The molecule has 1 amide bonds. The van der Waals surface area contributed by atoms with E-state index in [2.05, 4.69) is 10.3 Å². The molecule has 0 aliphatic carbocycles.